The summed E-state index contributed by atoms with van der Waals surface area (Å²) < 4.78 is 5.43. The highest BCUT2D eigenvalue weighted by molar-refractivity contribution is 5.80. The Hall–Kier alpha value is -2.14. The Morgan fingerprint density at radius 2 is 1.96 bits per heavy atom. The van der Waals surface area contributed by atoms with Crippen LogP contribution in [0, 0.1) is 0 Å². The van der Waals surface area contributed by atoms with Gasteiger partial charge in [-0.3, -0.25) is 4.79 Å². The Morgan fingerprint density at radius 1 is 1.19 bits per heavy atom. The molecule has 1 aliphatic rings. The predicted molar refractivity (Wildman–Crippen MR) is 102 cm³/mol. The maximum Gasteiger partial charge on any atom is 0.227 e. The molecular weight excluding hydrogens is 326 g/mol. The zero-order valence-electron chi connectivity index (χ0n) is 16.0. The number of nitrogens with zero attached hydrogens (tertiary/aromatic N) is 2. The van der Waals surface area contributed by atoms with Gasteiger partial charge in [-0.15, -0.1) is 0 Å². The van der Waals surface area contributed by atoms with Crippen LogP contribution in [0.4, 0.5) is 0 Å². The van der Waals surface area contributed by atoms with Gasteiger partial charge in [-0.1, -0.05) is 50.2 Å². The fourth-order valence-electron chi connectivity index (χ4n) is 3.67. The Kier molecular flexibility index (Phi) is 6.09. The van der Waals surface area contributed by atoms with Gasteiger partial charge in [0.25, 0.3) is 0 Å². The van der Waals surface area contributed by atoms with Gasteiger partial charge < -0.3 is 14.7 Å². The Balaban J connectivity index is 1.80. The zero-order valence-corrected chi connectivity index (χ0v) is 16.0. The van der Waals surface area contributed by atoms with Gasteiger partial charge in [0.2, 0.25) is 5.91 Å². The lowest BCUT2D eigenvalue weighted by Crippen LogP contribution is -2.49. The van der Waals surface area contributed by atoms with Crippen LogP contribution in [-0.4, -0.2) is 35.6 Å². The van der Waals surface area contributed by atoms with E-state index in [1.54, 1.807) is 0 Å². The van der Waals surface area contributed by atoms with Gasteiger partial charge in [0.05, 0.1) is 18.2 Å². The maximum absolute atomic E-state index is 13.1. The third-order valence-corrected chi connectivity index (χ3v) is 5.27. The first-order valence-electron chi connectivity index (χ1n) is 9.73. The number of amides is 1. The summed E-state index contributed by atoms with van der Waals surface area (Å²) in [5.41, 5.74) is 4.41. The van der Waals surface area contributed by atoms with Crippen LogP contribution in [-0.2, 0) is 30.5 Å². The van der Waals surface area contributed by atoms with Crippen LogP contribution in [0.25, 0.3) is 0 Å². The average molecular weight is 355 g/mol. The van der Waals surface area contributed by atoms with E-state index >= 15 is 0 Å². The van der Waals surface area contributed by atoms with Crippen LogP contribution >= 0.6 is 0 Å². The number of piperazine rings is 1. The second kappa shape index (κ2) is 8.49. The summed E-state index contributed by atoms with van der Waals surface area (Å²) in [6.45, 7) is 8.60. The lowest BCUT2D eigenvalue weighted by Gasteiger charge is -2.36. The number of hydrogen-bond acceptors (Lipinski definition) is 4. The van der Waals surface area contributed by atoms with Crippen LogP contribution in [0.2, 0.25) is 0 Å². The predicted octanol–water partition coefficient (Wildman–Crippen LogP) is 3.08. The number of benzene rings is 1. The van der Waals surface area contributed by atoms with Crippen molar-refractivity contribution < 1.29 is 9.32 Å². The number of rotatable bonds is 6. The van der Waals surface area contributed by atoms with Crippen LogP contribution in [0.3, 0.4) is 0 Å². The molecule has 0 spiro atoms. The molecule has 140 valence electrons. The van der Waals surface area contributed by atoms with Gasteiger partial charge in [0, 0.05) is 31.6 Å². The number of carbonyl (C=O) groups is 1. The molecule has 5 heteroatoms. The van der Waals surface area contributed by atoms with E-state index in [9.17, 15) is 4.79 Å². The van der Waals surface area contributed by atoms with Gasteiger partial charge in [-0.2, -0.15) is 0 Å². The summed E-state index contributed by atoms with van der Waals surface area (Å²) in [4.78, 5) is 15.2. The van der Waals surface area contributed by atoms with E-state index in [4.69, 9.17) is 4.52 Å². The van der Waals surface area contributed by atoms with E-state index < -0.39 is 0 Å². The number of hydrogen-bond donors (Lipinski definition) is 1. The minimum atomic E-state index is 0.0807. The van der Waals surface area contributed by atoms with Crippen molar-refractivity contribution in [3.05, 3.63) is 52.4 Å². The molecule has 0 aliphatic carbocycles. The topological polar surface area (TPSA) is 58.4 Å². The molecule has 26 heavy (non-hydrogen) atoms. The number of nitrogens with one attached hydrogen (secondary N) is 1. The largest absolute Gasteiger partial charge is 0.361 e. The molecule has 1 atom stereocenters. The van der Waals surface area contributed by atoms with Crippen molar-refractivity contribution in [1.82, 2.24) is 15.4 Å². The molecule has 2 heterocycles. The first kappa shape index (κ1) is 18.6. The standard InChI is InChI=1S/C21H29N3O2/c1-4-15-7-9-16(10-8-15)19-14-22-11-12-24(19)21(25)13-17-18(5-2)23-26-20(17)6-3/h7-10,19,22H,4-6,11-14H2,1-3H3. The van der Waals surface area contributed by atoms with Gasteiger partial charge in [-0.25, -0.2) is 0 Å². The van der Waals surface area contributed by atoms with Crippen molar-refractivity contribution in [2.45, 2.75) is 52.5 Å². The van der Waals surface area contributed by atoms with Crippen LogP contribution in [0.15, 0.2) is 28.8 Å². The molecule has 1 saturated heterocycles. The molecule has 2 aromatic rings. The summed E-state index contributed by atoms with van der Waals surface area (Å²) in [6, 6.07) is 8.72. The van der Waals surface area contributed by atoms with Crippen molar-refractivity contribution in [3.8, 4) is 0 Å². The smallest absolute Gasteiger partial charge is 0.227 e. The number of carbonyl (C=O) groups excluding carboxylic acids is 1. The summed E-state index contributed by atoms with van der Waals surface area (Å²) in [6.07, 6.45) is 2.95. The number of aromatic nitrogens is 1. The highest BCUT2D eigenvalue weighted by Gasteiger charge is 2.29. The molecular formula is C21H29N3O2. The van der Waals surface area contributed by atoms with Crippen LogP contribution < -0.4 is 5.32 Å². The number of aryl methyl sites for hydroxylation is 3. The van der Waals surface area contributed by atoms with E-state index in [1.165, 1.54) is 11.1 Å². The summed E-state index contributed by atoms with van der Waals surface area (Å²) in [5, 5.41) is 7.57. The molecule has 1 aromatic carbocycles. The first-order chi connectivity index (χ1) is 12.7. The third-order valence-electron chi connectivity index (χ3n) is 5.27. The van der Waals surface area contributed by atoms with Gasteiger partial charge in [0.15, 0.2) is 0 Å². The molecule has 1 fully saturated rings. The summed E-state index contributed by atoms with van der Waals surface area (Å²) in [7, 11) is 0. The minimum Gasteiger partial charge on any atom is -0.361 e. The summed E-state index contributed by atoms with van der Waals surface area (Å²) in [5.74, 6) is 0.998. The van der Waals surface area contributed by atoms with E-state index in [-0.39, 0.29) is 11.9 Å². The van der Waals surface area contributed by atoms with Crippen molar-refractivity contribution in [1.29, 1.82) is 0 Å². The van der Waals surface area contributed by atoms with Crippen molar-refractivity contribution in [3.63, 3.8) is 0 Å². The molecule has 1 aromatic heterocycles. The van der Waals surface area contributed by atoms with Gasteiger partial charge >= 0.3 is 0 Å². The normalized spacial score (nSPS) is 17.5. The first-order valence-corrected chi connectivity index (χ1v) is 9.73. The van der Waals surface area contributed by atoms with Crippen molar-refractivity contribution in [2.75, 3.05) is 19.6 Å². The van der Waals surface area contributed by atoms with E-state index in [0.717, 1.165) is 55.9 Å². The van der Waals surface area contributed by atoms with E-state index in [1.807, 2.05) is 18.7 Å². The molecule has 1 N–H and O–H groups in total. The molecule has 5 nitrogen and oxygen atoms in total. The molecule has 1 amide bonds. The molecule has 3 rings (SSSR count). The summed E-state index contributed by atoms with van der Waals surface area (Å²) >= 11 is 0. The molecule has 1 aliphatic heterocycles. The lowest BCUT2D eigenvalue weighted by atomic mass is 9.99. The second-order valence-electron chi connectivity index (χ2n) is 6.82. The third kappa shape index (κ3) is 3.83. The molecule has 0 bridgehead atoms. The van der Waals surface area contributed by atoms with Gasteiger partial charge in [-0.05, 0) is 24.0 Å². The zero-order chi connectivity index (χ0) is 18.5. The van der Waals surface area contributed by atoms with E-state index in [0.29, 0.717) is 6.42 Å². The highest BCUT2D eigenvalue weighted by atomic mass is 16.5. The van der Waals surface area contributed by atoms with E-state index in [2.05, 4.69) is 41.7 Å². The average Bonchev–Trinajstić information content (AvgIpc) is 3.09. The molecule has 0 radical (unpaired) electrons. The Bertz CT molecular complexity index is 715. The molecule has 0 saturated carbocycles. The Morgan fingerprint density at radius 3 is 2.62 bits per heavy atom. The van der Waals surface area contributed by atoms with Crippen LogP contribution in [0.1, 0.15) is 55.0 Å². The monoisotopic (exact) mass is 355 g/mol. The Labute approximate surface area is 155 Å². The second-order valence-corrected chi connectivity index (χ2v) is 6.82. The SMILES string of the molecule is CCc1ccc(C2CNCCN2C(=O)Cc2c(CC)noc2CC)cc1. The van der Waals surface area contributed by atoms with Crippen LogP contribution in [0.5, 0.6) is 0 Å². The fourth-order valence-corrected chi connectivity index (χ4v) is 3.67. The molecule has 1 unspecified atom stereocenters. The maximum atomic E-state index is 13.1. The minimum absolute atomic E-state index is 0.0807. The lowest BCUT2D eigenvalue weighted by molar-refractivity contribution is -0.133. The van der Waals surface area contributed by atoms with Crippen molar-refractivity contribution >= 4 is 5.91 Å². The van der Waals surface area contributed by atoms with Crippen molar-refractivity contribution in [2.24, 2.45) is 0 Å². The highest BCUT2D eigenvalue weighted by Crippen LogP contribution is 2.25. The quantitative estimate of drug-likeness (QED) is 0.865. The fraction of sp³-hybridized carbons (Fsp3) is 0.524. The van der Waals surface area contributed by atoms with Gasteiger partial charge in [0.1, 0.15) is 5.76 Å².